The van der Waals surface area contributed by atoms with Crippen LogP contribution in [0.25, 0.3) is 0 Å². The zero-order chi connectivity index (χ0) is 18.8. The second kappa shape index (κ2) is 7.27. The van der Waals surface area contributed by atoms with Crippen LogP contribution in [0.15, 0.2) is 41.3 Å². The minimum atomic E-state index is -3.67. The molecule has 0 heterocycles. The minimum Gasteiger partial charge on any atom is -0.349 e. The first-order valence-corrected chi connectivity index (χ1v) is 9.48. The Labute approximate surface area is 149 Å². The Morgan fingerprint density at radius 2 is 1.52 bits per heavy atom. The van der Waals surface area contributed by atoms with E-state index in [4.69, 9.17) is 0 Å². The molecule has 0 saturated heterocycles. The van der Waals surface area contributed by atoms with Gasteiger partial charge in [-0.15, -0.1) is 0 Å². The summed E-state index contributed by atoms with van der Waals surface area (Å²) in [6.07, 6.45) is 0.288. The summed E-state index contributed by atoms with van der Waals surface area (Å²) >= 11 is 0. The first kappa shape index (κ1) is 19.0. The van der Waals surface area contributed by atoms with Gasteiger partial charge in [-0.3, -0.25) is 9.52 Å². The van der Waals surface area contributed by atoms with E-state index in [0.717, 1.165) is 22.3 Å². The van der Waals surface area contributed by atoms with Crippen LogP contribution in [-0.4, -0.2) is 33.3 Å². The molecule has 0 radical (unpaired) electrons. The molecular formula is C19H24N2O3S. The SMILES string of the molecule is Cc1cc(C)c(S(=O)(=O)Nc2ccc(CC(=O)N(C)C)cc2)c(C)c1. The van der Waals surface area contributed by atoms with Gasteiger partial charge in [0.2, 0.25) is 5.91 Å². The predicted octanol–water partition coefficient (Wildman–Crippen LogP) is 3.04. The lowest BCUT2D eigenvalue weighted by atomic mass is 10.1. The van der Waals surface area contributed by atoms with E-state index in [1.165, 1.54) is 4.90 Å². The number of amides is 1. The Kier molecular flexibility index (Phi) is 5.52. The lowest BCUT2D eigenvalue weighted by Crippen LogP contribution is -2.23. The summed E-state index contributed by atoms with van der Waals surface area (Å²) < 4.78 is 28.1. The Morgan fingerprint density at radius 3 is 2.00 bits per heavy atom. The van der Waals surface area contributed by atoms with Gasteiger partial charge in [-0.25, -0.2) is 8.42 Å². The molecule has 0 aliphatic heterocycles. The molecule has 0 aliphatic carbocycles. The summed E-state index contributed by atoms with van der Waals surface area (Å²) in [7, 11) is -0.255. The maximum atomic E-state index is 12.7. The third-order valence-electron chi connectivity index (χ3n) is 3.93. The topological polar surface area (TPSA) is 66.5 Å². The highest BCUT2D eigenvalue weighted by molar-refractivity contribution is 7.92. The van der Waals surface area contributed by atoms with Crippen molar-refractivity contribution in [3.8, 4) is 0 Å². The molecule has 0 bridgehead atoms. The number of rotatable bonds is 5. The van der Waals surface area contributed by atoms with Gasteiger partial charge in [0.1, 0.15) is 0 Å². The van der Waals surface area contributed by atoms with E-state index < -0.39 is 10.0 Å². The average molecular weight is 360 g/mol. The predicted molar refractivity (Wildman–Crippen MR) is 100 cm³/mol. The molecule has 0 aromatic heterocycles. The lowest BCUT2D eigenvalue weighted by Gasteiger charge is -2.14. The fourth-order valence-electron chi connectivity index (χ4n) is 2.82. The van der Waals surface area contributed by atoms with Gasteiger partial charge >= 0.3 is 0 Å². The van der Waals surface area contributed by atoms with Gasteiger partial charge in [-0.2, -0.15) is 0 Å². The molecular weight excluding hydrogens is 336 g/mol. The van der Waals surface area contributed by atoms with Crippen molar-refractivity contribution in [2.45, 2.75) is 32.1 Å². The van der Waals surface area contributed by atoms with Crippen molar-refractivity contribution >= 4 is 21.6 Å². The van der Waals surface area contributed by atoms with Crippen LogP contribution >= 0.6 is 0 Å². The quantitative estimate of drug-likeness (QED) is 0.891. The van der Waals surface area contributed by atoms with Crippen LogP contribution in [-0.2, 0) is 21.2 Å². The molecule has 134 valence electrons. The number of likely N-dealkylation sites (N-methyl/N-ethyl adjacent to an activating group) is 1. The number of nitrogens with one attached hydrogen (secondary N) is 1. The van der Waals surface area contributed by atoms with Crippen molar-refractivity contribution in [1.82, 2.24) is 4.90 Å². The monoisotopic (exact) mass is 360 g/mol. The molecule has 0 atom stereocenters. The maximum Gasteiger partial charge on any atom is 0.262 e. The van der Waals surface area contributed by atoms with E-state index in [1.807, 2.05) is 19.1 Å². The molecule has 1 N–H and O–H groups in total. The van der Waals surface area contributed by atoms with Crippen LogP contribution in [0.4, 0.5) is 5.69 Å². The molecule has 0 fully saturated rings. The lowest BCUT2D eigenvalue weighted by molar-refractivity contribution is -0.127. The van der Waals surface area contributed by atoms with Gasteiger partial charge in [0, 0.05) is 19.8 Å². The van der Waals surface area contributed by atoms with Crippen molar-refractivity contribution in [3.63, 3.8) is 0 Å². The molecule has 2 rings (SSSR count). The summed E-state index contributed by atoms with van der Waals surface area (Å²) in [5.74, 6) is -0.000708. The smallest absolute Gasteiger partial charge is 0.262 e. The van der Waals surface area contributed by atoms with Gasteiger partial charge in [-0.05, 0) is 49.6 Å². The Bertz CT molecular complexity index is 862. The highest BCUT2D eigenvalue weighted by atomic mass is 32.2. The van der Waals surface area contributed by atoms with Crippen LogP contribution in [0.5, 0.6) is 0 Å². The van der Waals surface area contributed by atoms with E-state index in [-0.39, 0.29) is 12.3 Å². The number of nitrogens with zero attached hydrogens (tertiary/aromatic N) is 1. The number of anilines is 1. The van der Waals surface area contributed by atoms with Crippen molar-refractivity contribution in [2.75, 3.05) is 18.8 Å². The van der Waals surface area contributed by atoms with Gasteiger partial charge in [0.25, 0.3) is 10.0 Å². The highest BCUT2D eigenvalue weighted by Gasteiger charge is 2.20. The highest BCUT2D eigenvalue weighted by Crippen LogP contribution is 2.24. The van der Waals surface area contributed by atoms with E-state index >= 15 is 0 Å². The summed E-state index contributed by atoms with van der Waals surface area (Å²) in [6, 6.07) is 10.6. The third-order valence-corrected chi connectivity index (χ3v) is 5.62. The number of aryl methyl sites for hydroxylation is 3. The molecule has 0 unspecified atom stereocenters. The van der Waals surface area contributed by atoms with Gasteiger partial charge < -0.3 is 4.90 Å². The normalized spacial score (nSPS) is 11.2. The summed E-state index contributed by atoms with van der Waals surface area (Å²) in [6.45, 7) is 5.53. The van der Waals surface area contributed by atoms with Crippen molar-refractivity contribution in [3.05, 3.63) is 58.7 Å². The summed E-state index contributed by atoms with van der Waals surface area (Å²) in [5, 5.41) is 0. The van der Waals surface area contributed by atoms with E-state index in [1.54, 1.807) is 52.2 Å². The molecule has 5 nitrogen and oxygen atoms in total. The van der Waals surface area contributed by atoms with Crippen molar-refractivity contribution < 1.29 is 13.2 Å². The Morgan fingerprint density at radius 1 is 1.00 bits per heavy atom. The largest absolute Gasteiger partial charge is 0.349 e. The van der Waals surface area contributed by atoms with Crippen molar-refractivity contribution in [1.29, 1.82) is 0 Å². The number of carbonyl (C=O) groups excluding carboxylic acids is 1. The molecule has 2 aromatic rings. The second-order valence-corrected chi connectivity index (χ2v) is 8.11. The van der Waals surface area contributed by atoms with Crippen molar-refractivity contribution in [2.24, 2.45) is 0 Å². The fraction of sp³-hybridized carbons (Fsp3) is 0.316. The Balaban J connectivity index is 2.23. The molecule has 1 amide bonds. The number of carbonyl (C=O) groups is 1. The minimum absolute atomic E-state index is 0.000708. The Hall–Kier alpha value is -2.34. The van der Waals surface area contributed by atoms with Crippen LogP contribution in [0.3, 0.4) is 0 Å². The van der Waals surface area contributed by atoms with Gasteiger partial charge in [-0.1, -0.05) is 29.8 Å². The van der Waals surface area contributed by atoms with Crippen LogP contribution in [0, 0.1) is 20.8 Å². The van der Waals surface area contributed by atoms with E-state index in [0.29, 0.717) is 10.6 Å². The first-order chi connectivity index (χ1) is 11.6. The number of hydrogen-bond acceptors (Lipinski definition) is 3. The molecule has 25 heavy (non-hydrogen) atoms. The van der Waals surface area contributed by atoms with Crippen LogP contribution in [0.2, 0.25) is 0 Å². The van der Waals surface area contributed by atoms with E-state index in [2.05, 4.69) is 4.72 Å². The second-order valence-electron chi connectivity index (χ2n) is 6.50. The molecule has 0 aliphatic rings. The molecule has 0 spiro atoms. The first-order valence-electron chi connectivity index (χ1n) is 8.00. The van der Waals surface area contributed by atoms with Crippen LogP contribution < -0.4 is 4.72 Å². The van der Waals surface area contributed by atoms with Crippen LogP contribution in [0.1, 0.15) is 22.3 Å². The zero-order valence-electron chi connectivity index (χ0n) is 15.3. The third kappa shape index (κ3) is 4.60. The fourth-order valence-corrected chi connectivity index (χ4v) is 4.33. The molecule has 2 aromatic carbocycles. The number of hydrogen-bond donors (Lipinski definition) is 1. The zero-order valence-corrected chi connectivity index (χ0v) is 16.1. The van der Waals surface area contributed by atoms with E-state index in [9.17, 15) is 13.2 Å². The standard InChI is InChI=1S/C19H24N2O3S/c1-13-10-14(2)19(15(3)11-13)25(23,24)20-17-8-6-16(7-9-17)12-18(22)21(4)5/h6-11,20H,12H2,1-5H3. The average Bonchev–Trinajstić information content (AvgIpc) is 2.47. The van der Waals surface area contributed by atoms with Gasteiger partial charge in [0.15, 0.2) is 0 Å². The summed E-state index contributed by atoms with van der Waals surface area (Å²) in [5.41, 5.74) is 3.78. The summed E-state index contributed by atoms with van der Waals surface area (Å²) in [4.78, 5) is 13.6. The maximum absolute atomic E-state index is 12.7. The van der Waals surface area contributed by atoms with Gasteiger partial charge in [0.05, 0.1) is 11.3 Å². The number of benzene rings is 2. The molecule has 6 heteroatoms. The number of sulfonamides is 1. The molecule has 0 saturated carbocycles.